The van der Waals surface area contributed by atoms with Gasteiger partial charge in [0.1, 0.15) is 0 Å². The van der Waals surface area contributed by atoms with E-state index in [4.69, 9.17) is 0 Å². The van der Waals surface area contributed by atoms with Gasteiger partial charge in [-0.3, -0.25) is 10.1 Å². The average molecular weight is 302 g/mol. The summed E-state index contributed by atoms with van der Waals surface area (Å²) in [5.41, 5.74) is -0.740. The molecule has 1 atom stereocenters. The van der Waals surface area contributed by atoms with Crippen molar-refractivity contribution in [1.82, 2.24) is 4.72 Å². The third-order valence-electron chi connectivity index (χ3n) is 3.45. The number of halogens is 1. The zero-order chi connectivity index (χ0) is 14.9. The third-order valence-corrected chi connectivity index (χ3v) is 4.87. The lowest BCUT2D eigenvalue weighted by atomic mass is 10.1. The minimum atomic E-state index is -3.84. The summed E-state index contributed by atoms with van der Waals surface area (Å²) in [6.45, 7) is 2.24. The van der Waals surface area contributed by atoms with Crippen LogP contribution < -0.4 is 4.72 Å². The van der Waals surface area contributed by atoms with Gasteiger partial charge in [-0.1, -0.05) is 6.92 Å². The zero-order valence-corrected chi connectivity index (χ0v) is 11.7. The SMILES string of the molecule is CC(CNS(=O)(=O)c1ccc([N+](=O)[O-])c(F)c1)C1CC1. The second-order valence-corrected chi connectivity index (χ2v) is 6.80. The Balaban J connectivity index is 2.12. The van der Waals surface area contributed by atoms with Gasteiger partial charge in [0, 0.05) is 18.7 Å². The number of nitro groups is 1. The van der Waals surface area contributed by atoms with E-state index >= 15 is 0 Å². The van der Waals surface area contributed by atoms with Crippen LogP contribution in [0.15, 0.2) is 23.1 Å². The van der Waals surface area contributed by atoms with Gasteiger partial charge in [0.05, 0.1) is 9.82 Å². The smallest absolute Gasteiger partial charge is 0.258 e. The second kappa shape index (κ2) is 5.45. The quantitative estimate of drug-likeness (QED) is 0.643. The lowest BCUT2D eigenvalue weighted by Crippen LogP contribution is -2.29. The highest BCUT2D eigenvalue weighted by Gasteiger charge is 2.29. The number of benzene rings is 1. The summed E-state index contributed by atoms with van der Waals surface area (Å²) in [4.78, 5) is 9.28. The molecular formula is C12H15FN2O4S. The summed E-state index contributed by atoms with van der Waals surface area (Å²) in [5, 5.41) is 10.5. The molecule has 1 unspecified atom stereocenters. The number of nitrogens with zero attached hydrogens (tertiary/aromatic N) is 1. The van der Waals surface area contributed by atoms with Crippen molar-refractivity contribution < 1.29 is 17.7 Å². The first-order chi connectivity index (χ1) is 9.31. The van der Waals surface area contributed by atoms with Crippen LogP contribution >= 0.6 is 0 Å². The van der Waals surface area contributed by atoms with Crippen molar-refractivity contribution in [3.8, 4) is 0 Å². The Labute approximate surface area is 116 Å². The van der Waals surface area contributed by atoms with Crippen molar-refractivity contribution in [2.24, 2.45) is 11.8 Å². The largest absolute Gasteiger partial charge is 0.304 e. The van der Waals surface area contributed by atoms with Gasteiger partial charge in [0.15, 0.2) is 0 Å². The molecule has 110 valence electrons. The average Bonchev–Trinajstić information content (AvgIpc) is 3.19. The van der Waals surface area contributed by atoms with Gasteiger partial charge in [-0.15, -0.1) is 0 Å². The molecule has 6 nitrogen and oxygen atoms in total. The summed E-state index contributed by atoms with van der Waals surface area (Å²) >= 11 is 0. The predicted octanol–water partition coefficient (Wildman–Crippen LogP) is 2.06. The van der Waals surface area contributed by atoms with E-state index < -0.39 is 26.5 Å². The maximum atomic E-state index is 13.4. The molecule has 0 saturated heterocycles. The van der Waals surface area contributed by atoms with Gasteiger partial charge in [0.2, 0.25) is 15.8 Å². The normalized spacial score (nSPS) is 16.9. The van der Waals surface area contributed by atoms with Crippen LogP contribution in [0, 0.1) is 27.8 Å². The minimum absolute atomic E-state index is 0.229. The molecule has 1 aromatic rings. The first-order valence-electron chi connectivity index (χ1n) is 6.25. The van der Waals surface area contributed by atoms with Crippen LogP contribution in [0.3, 0.4) is 0 Å². The maximum Gasteiger partial charge on any atom is 0.304 e. The van der Waals surface area contributed by atoms with Gasteiger partial charge in [0.25, 0.3) is 0 Å². The molecule has 1 aromatic carbocycles. The summed E-state index contributed by atoms with van der Waals surface area (Å²) in [5.74, 6) is -0.382. The van der Waals surface area contributed by atoms with Gasteiger partial charge in [-0.2, -0.15) is 4.39 Å². The number of sulfonamides is 1. The number of hydrogen-bond acceptors (Lipinski definition) is 4. The Bertz CT molecular complexity index is 628. The lowest BCUT2D eigenvalue weighted by Gasteiger charge is -2.12. The second-order valence-electron chi connectivity index (χ2n) is 5.04. The predicted molar refractivity (Wildman–Crippen MR) is 70.1 cm³/mol. The Morgan fingerprint density at radius 2 is 2.15 bits per heavy atom. The van der Waals surface area contributed by atoms with Crippen LogP contribution in [0.4, 0.5) is 10.1 Å². The molecule has 8 heteroatoms. The lowest BCUT2D eigenvalue weighted by molar-refractivity contribution is -0.387. The molecule has 0 bridgehead atoms. The van der Waals surface area contributed by atoms with E-state index in [-0.39, 0.29) is 17.4 Å². The van der Waals surface area contributed by atoms with Crippen molar-refractivity contribution in [3.63, 3.8) is 0 Å². The van der Waals surface area contributed by atoms with Crippen LogP contribution in [0.2, 0.25) is 0 Å². The topological polar surface area (TPSA) is 89.3 Å². The fourth-order valence-electron chi connectivity index (χ4n) is 1.96. The van der Waals surface area contributed by atoms with Gasteiger partial charge >= 0.3 is 5.69 Å². The third kappa shape index (κ3) is 3.31. The molecule has 0 spiro atoms. The van der Waals surface area contributed by atoms with Crippen molar-refractivity contribution in [2.75, 3.05) is 6.54 Å². The van der Waals surface area contributed by atoms with Crippen LogP contribution in [0.1, 0.15) is 19.8 Å². The number of hydrogen-bond donors (Lipinski definition) is 1. The van der Waals surface area contributed by atoms with E-state index in [2.05, 4.69) is 4.72 Å². The number of nitro benzene ring substituents is 1. The van der Waals surface area contributed by atoms with Crippen LogP contribution in [0.5, 0.6) is 0 Å². The summed E-state index contributed by atoms with van der Waals surface area (Å²) in [6.07, 6.45) is 2.21. The summed E-state index contributed by atoms with van der Waals surface area (Å²) in [7, 11) is -3.84. The van der Waals surface area contributed by atoms with Gasteiger partial charge in [-0.25, -0.2) is 13.1 Å². The van der Waals surface area contributed by atoms with Crippen LogP contribution in [0.25, 0.3) is 0 Å². The molecule has 1 saturated carbocycles. The molecule has 0 radical (unpaired) electrons. The molecule has 1 fully saturated rings. The van der Waals surface area contributed by atoms with E-state index in [1.165, 1.54) is 0 Å². The fourth-order valence-corrected chi connectivity index (χ4v) is 3.11. The van der Waals surface area contributed by atoms with E-state index in [0.717, 1.165) is 25.0 Å². The molecule has 0 aliphatic heterocycles. The number of rotatable bonds is 6. The van der Waals surface area contributed by atoms with E-state index in [1.807, 2.05) is 6.92 Å². The summed E-state index contributed by atoms with van der Waals surface area (Å²) in [6, 6.07) is 2.56. The zero-order valence-electron chi connectivity index (χ0n) is 10.9. The van der Waals surface area contributed by atoms with Gasteiger partial charge < -0.3 is 0 Å². The molecule has 0 aromatic heterocycles. The first kappa shape index (κ1) is 14.9. The van der Waals surface area contributed by atoms with Crippen molar-refractivity contribution in [2.45, 2.75) is 24.7 Å². The fraction of sp³-hybridized carbons (Fsp3) is 0.500. The monoisotopic (exact) mass is 302 g/mol. The Morgan fingerprint density at radius 3 is 2.65 bits per heavy atom. The number of nitrogens with one attached hydrogen (secondary N) is 1. The Morgan fingerprint density at radius 1 is 1.50 bits per heavy atom. The summed E-state index contributed by atoms with van der Waals surface area (Å²) < 4.78 is 39.8. The highest BCUT2D eigenvalue weighted by molar-refractivity contribution is 7.89. The van der Waals surface area contributed by atoms with Gasteiger partial charge in [-0.05, 0) is 30.7 Å². The molecule has 1 aliphatic rings. The van der Waals surface area contributed by atoms with E-state index in [1.54, 1.807) is 0 Å². The maximum absolute atomic E-state index is 13.4. The standard InChI is InChI=1S/C12H15FN2O4S/c1-8(9-2-3-9)7-14-20(18,19)10-4-5-12(15(16)17)11(13)6-10/h4-6,8-9,14H,2-3,7H2,1H3. The van der Waals surface area contributed by atoms with Crippen molar-refractivity contribution in [1.29, 1.82) is 0 Å². The van der Waals surface area contributed by atoms with Crippen LogP contribution in [-0.4, -0.2) is 19.9 Å². The first-order valence-corrected chi connectivity index (χ1v) is 7.73. The molecule has 1 N–H and O–H groups in total. The molecule has 0 heterocycles. The molecule has 2 rings (SSSR count). The Kier molecular flexibility index (Phi) is 4.05. The molecule has 1 aliphatic carbocycles. The van der Waals surface area contributed by atoms with Crippen LogP contribution in [-0.2, 0) is 10.0 Å². The van der Waals surface area contributed by atoms with E-state index in [9.17, 15) is 22.9 Å². The highest BCUT2D eigenvalue weighted by atomic mass is 32.2. The van der Waals surface area contributed by atoms with Crippen molar-refractivity contribution in [3.05, 3.63) is 34.1 Å². The Hall–Kier alpha value is -1.54. The molecular weight excluding hydrogens is 287 g/mol. The van der Waals surface area contributed by atoms with E-state index in [0.29, 0.717) is 12.0 Å². The molecule has 20 heavy (non-hydrogen) atoms. The molecule has 0 amide bonds. The van der Waals surface area contributed by atoms with Crippen molar-refractivity contribution >= 4 is 15.7 Å². The minimum Gasteiger partial charge on any atom is -0.258 e. The highest BCUT2D eigenvalue weighted by Crippen LogP contribution is 2.36.